The van der Waals surface area contributed by atoms with Crippen molar-refractivity contribution in [3.05, 3.63) is 23.3 Å². The van der Waals surface area contributed by atoms with E-state index in [1.165, 1.54) is 69.2 Å². The third-order valence-corrected chi connectivity index (χ3v) is 6.10. The van der Waals surface area contributed by atoms with E-state index in [9.17, 15) is 0 Å². The summed E-state index contributed by atoms with van der Waals surface area (Å²) >= 11 is 0. The zero-order valence-electron chi connectivity index (χ0n) is 17.6. The molecule has 1 aromatic rings. The van der Waals surface area contributed by atoms with Gasteiger partial charge in [-0.3, -0.25) is 4.90 Å². The first kappa shape index (κ1) is 21.1. The lowest BCUT2D eigenvalue weighted by Crippen LogP contribution is -2.29. The Morgan fingerprint density at radius 2 is 1.58 bits per heavy atom. The summed E-state index contributed by atoms with van der Waals surface area (Å²) in [6.07, 6.45) is 9.19. The van der Waals surface area contributed by atoms with Crippen LogP contribution in [0.25, 0.3) is 0 Å². The average molecular weight is 362 g/mol. The van der Waals surface area contributed by atoms with E-state index in [2.05, 4.69) is 37.8 Å². The molecule has 0 bridgehead atoms. The summed E-state index contributed by atoms with van der Waals surface area (Å²) in [5.41, 5.74) is 2.54. The Morgan fingerprint density at radius 1 is 0.962 bits per heavy atom. The molecule has 1 fully saturated rings. The number of piperidine rings is 1. The minimum atomic E-state index is 0.513. The molecule has 2 unspecified atom stereocenters. The highest BCUT2D eigenvalue weighted by Gasteiger charge is 2.21. The molecular formula is C23H39NO2. The zero-order chi connectivity index (χ0) is 18.9. The van der Waals surface area contributed by atoms with Crippen LogP contribution in [-0.4, -0.2) is 32.2 Å². The van der Waals surface area contributed by atoms with Gasteiger partial charge < -0.3 is 9.47 Å². The third-order valence-electron chi connectivity index (χ3n) is 6.10. The maximum atomic E-state index is 5.79. The van der Waals surface area contributed by atoms with E-state index in [0.717, 1.165) is 18.0 Å². The molecule has 0 N–H and O–H groups in total. The number of ether oxygens (including phenoxy) is 2. The molecule has 148 valence electrons. The van der Waals surface area contributed by atoms with Crippen molar-refractivity contribution < 1.29 is 9.47 Å². The van der Waals surface area contributed by atoms with Crippen LogP contribution < -0.4 is 9.47 Å². The third kappa shape index (κ3) is 5.64. The molecule has 0 aromatic heterocycles. The topological polar surface area (TPSA) is 21.7 Å². The molecule has 2 rings (SSSR count). The van der Waals surface area contributed by atoms with Crippen LogP contribution in [0.3, 0.4) is 0 Å². The minimum absolute atomic E-state index is 0.513. The lowest BCUT2D eigenvalue weighted by molar-refractivity contribution is 0.215. The standard InChI is InChI=1S/C23H39NO2/c1-6-7-9-12-18(2)19(3)20-15-22(25-4)21(23(16-20)26-5)17-24-13-10-8-11-14-24/h15-16,18-19H,6-14,17H2,1-5H3. The highest BCUT2D eigenvalue weighted by molar-refractivity contribution is 5.49. The van der Waals surface area contributed by atoms with E-state index >= 15 is 0 Å². The molecule has 1 aliphatic rings. The summed E-state index contributed by atoms with van der Waals surface area (Å²) in [6, 6.07) is 4.51. The van der Waals surface area contributed by atoms with Crippen molar-refractivity contribution in [3.8, 4) is 11.5 Å². The molecule has 1 saturated heterocycles. The van der Waals surface area contributed by atoms with Crippen molar-refractivity contribution in [1.82, 2.24) is 4.90 Å². The largest absolute Gasteiger partial charge is 0.496 e. The highest BCUT2D eigenvalue weighted by Crippen LogP contribution is 2.37. The van der Waals surface area contributed by atoms with Crippen LogP contribution in [0.15, 0.2) is 12.1 Å². The van der Waals surface area contributed by atoms with Crippen LogP contribution in [-0.2, 0) is 6.54 Å². The number of rotatable bonds is 10. The smallest absolute Gasteiger partial charge is 0.127 e. The predicted molar refractivity (Wildman–Crippen MR) is 110 cm³/mol. The minimum Gasteiger partial charge on any atom is -0.496 e. The van der Waals surface area contributed by atoms with E-state index in [0.29, 0.717) is 11.8 Å². The van der Waals surface area contributed by atoms with Crippen LogP contribution in [0.2, 0.25) is 0 Å². The fourth-order valence-electron chi connectivity index (χ4n) is 4.06. The van der Waals surface area contributed by atoms with Crippen molar-refractivity contribution >= 4 is 0 Å². The van der Waals surface area contributed by atoms with Gasteiger partial charge in [0.2, 0.25) is 0 Å². The number of methoxy groups -OCH3 is 2. The number of hydrogen-bond donors (Lipinski definition) is 0. The van der Waals surface area contributed by atoms with Gasteiger partial charge in [-0.25, -0.2) is 0 Å². The number of benzene rings is 1. The molecule has 1 heterocycles. The van der Waals surface area contributed by atoms with Gasteiger partial charge in [-0.15, -0.1) is 0 Å². The van der Waals surface area contributed by atoms with E-state index in [4.69, 9.17) is 9.47 Å². The molecule has 26 heavy (non-hydrogen) atoms. The molecule has 0 aliphatic carbocycles. The number of hydrogen-bond acceptors (Lipinski definition) is 3. The molecule has 1 aliphatic heterocycles. The Bertz CT molecular complexity index is 512. The average Bonchev–Trinajstić information content (AvgIpc) is 2.68. The fraction of sp³-hybridized carbons (Fsp3) is 0.739. The Morgan fingerprint density at radius 3 is 2.12 bits per heavy atom. The first-order valence-electron chi connectivity index (χ1n) is 10.6. The lowest BCUT2D eigenvalue weighted by atomic mass is 9.84. The van der Waals surface area contributed by atoms with Gasteiger partial charge in [-0.05, 0) is 55.5 Å². The predicted octanol–water partition coefficient (Wildman–Crippen LogP) is 6.01. The Hall–Kier alpha value is -1.22. The SMILES string of the molecule is CCCCCC(C)C(C)c1cc(OC)c(CN2CCCCC2)c(OC)c1. The Labute approximate surface area is 161 Å². The number of unbranched alkanes of at least 4 members (excludes halogenated alkanes) is 2. The Kier molecular flexibility index (Phi) is 8.77. The number of likely N-dealkylation sites (tertiary alicyclic amines) is 1. The van der Waals surface area contributed by atoms with Gasteiger partial charge in [0.1, 0.15) is 11.5 Å². The van der Waals surface area contributed by atoms with Crippen LogP contribution >= 0.6 is 0 Å². The molecule has 0 spiro atoms. The van der Waals surface area contributed by atoms with Crippen molar-refractivity contribution in [2.45, 2.75) is 78.2 Å². The van der Waals surface area contributed by atoms with Crippen molar-refractivity contribution in [1.29, 1.82) is 0 Å². The second kappa shape index (κ2) is 10.8. The van der Waals surface area contributed by atoms with E-state index in [1.54, 1.807) is 14.2 Å². The summed E-state index contributed by atoms with van der Waals surface area (Å²) in [4.78, 5) is 2.53. The summed E-state index contributed by atoms with van der Waals surface area (Å²) in [5, 5.41) is 0. The van der Waals surface area contributed by atoms with Crippen LogP contribution in [0.1, 0.15) is 82.8 Å². The molecule has 0 amide bonds. The zero-order valence-corrected chi connectivity index (χ0v) is 17.6. The van der Waals surface area contributed by atoms with E-state index < -0.39 is 0 Å². The molecule has 2 atom stereocenters. The summed E-state index contributed by atoms with van der Waals surface area (Å²) in [5.74, 6) is 3.15. The van der Waals surface area contributed by atoms with Crippen LogP contribution in [0.4, 0.5) is 0 Å². The van der Waals surface area contributed by atoms with Gasteiger partial charge in [0.15, 0.2) is 0 Å². The van der Waals surface area contributed by atoms with Gasteiger partial charge in [0, 0.05) is 6.54 Å². The van der Waals surface area contributed by atoms with Crippen molar-refractivity contribution in [2.24, 2.45) is 5.92 Å². The first-order valence-corrected chi connectivity index (χ1v) is 10.6. The van der Waals surface area contributed by atoms with Crippen molar-refractivity contribution in [2.75, 3.05) is 27.3 Å². The molecule has 0 saturated carbocycles. The van der Waals surface area contributed by atoms with Crippen molar-refractivity contribution in [3.63, 3.8) is 0 Å². The second-order valence-electron chi connectivity index (χ2n) is 8.00. The van der Waals surface area contributed by atoms with Gasteiger partial charge >= 0.3 is 0 Å². The molecular weight excluding hydrogens is 322 g/mol. The quantitative estimate of drug-likeness (QED) is 0.476. The van der Waals surface area contributed by atoms with Gasteiger partial charge in [0.05, 0.1) is 19.8 Å². The molecule has 3 nitrogen and oxygen atoms in total. The molecule has 3 heteroatoms. The second-order valence-corrected chi connectivity index (χ2v) is 8.00. The van der Waals surface area contributed by atoms with Crippen LogP contribution in [0, 0.1) is 5.92 Å². The molecule has 0 radical (unpaired) electrons. The summed E-state index contributed by atoms with van der Waals surface area (Å²) in [6.45, 7) is 10.3. The maximum Gasteiger partial charge on any atom is 0.127 e. The van der Waals surface area contributed by atoms with Crippen LogP contribution in [0.5, 0.6) is 11.5 Å². The van der Waals surface area contributed by atoms with E-state index in [-0.39, 0.29) is 0 Å². The van der Waals surface area contributed by atoms with Gasteiger partial charge in [-0.2, -0.15) is 0 Å². The highest BCUT2D eigenvalue weighted by atomic mass is 16.5. The summed E-state index contributed by atoms with van der Waals surface area (Å²) < 4.78 is 11.6. The maximum absolute atomic E-state index is 5.79. The first-order chi connectivity index (χ1) is 12.6. The lowest BCUT2D eigenvalue weighted by Gasteiger charge is -2.29. The Balaban J connectivity index is 2.18. The fourth-order valence-corrected chi connectivity index (χ4v) is 4.06. The number of nitrogens with zero attached hydrogens (tertiary/aromatic N) is 1. The normalized spacial score (nSPS) is 17.7. The van der Waals surface area contributed by atoms with Gasteiger partial charge in [-0.1, -0.05) is 52.9 Å². The summed E-state index contributed by atoms with van der Waals surface area (Å²) in [7, 11) is 3.57. The van der Waals surface area contributed by atoms with E-state index in [1.807, 2.05) is 0 Å². The molecule has 1 aromatic carbocycles. The van der Waals surface area contributed by atoms with Gasteiger partial charge in [0.25, 0.3) is 0 Å². The monoisotopic (exact) mass is 361 g/mol.